The minimum atomic E-state index is -0.217. The monoisotopic (exact) mass is 317 g/mol. The summed E-state index contributed by atoms with van der Waals surface area (Å²) in [5.41, 5.74) is 3.04. The summed E-state index contributed by atoms with van der Waals surface area (Å²) in [5.74, 6) is -0.217. The summed E-state index contributed by atoms with van der Waals surface area (Å²) in [6.07, 6.45) is 2.84. The Bertz CT molecular complexity index is 640. The maximum Gasteiger partial charge on any atom is 0.123 e. The zero-order valence-corrected chi connectivity index (χ0v) is 13.6. The summed E-state index contributed by atoms with van der Waals surface area (Å²) in [5, 5.41) is 17.3. The Hall–Kier alpha value is -1.72. The predicted octanol–water partition coefficient (Wildman–Crippen LogP) is 2.67. The van der Waals surface area contributed by atoms with Gasteiger partial charge in [-0.15, -0.1) is 0 Å². The van der Waals surface area contributed by atoms with E-state index < -0.39 is 0 Å². The van der Waals surface area contributed by atoms with Gasteiger partial charge in [0.15, 0.2) is 0 Å². The van der Waals surface area contributed by atoms with Crippen molar-refractivity contribution >= 4 is 0 Å². The Morgan fingerprint density at radius 3 is 2.78 bits per heavy atom. The quantitative estimate of drug-likeness (QED) is 0.891. The van der Waals surface area contributed by atoms with Gasteiger partial charge in [-0.3, -0.25) is 10.00 Å². The molecule has 0 unspecified atom stereocenters. The van der Waals surface area contributed by atoms with E-state index in [0.717, 1.165) is 55.8 Å². The van der Waals surface area contributed by atoms with E-state index in [2.05, 4.69) is 21.2 Å². The summed E-state index contributed by atoms with van der Waals surface area (Å²) in [6, 6.07) is 8.70. The highest BCUT2D eigenvalue weighted by Gasteiger charge is 2.35. The van der Waals surface area contributed by atoms with Gasteiger partial charge >= 0.3 is 0 Å². The molecule has 23 heavy (non-hydrogen) atoms. The average Bonchev–Trinajstić information content (AvgIpc) is 2.95. The van der Waals surface area contributed by atoms with Gasteiger partial charge in [-0.25, -0.2) is 4.39 Å². The minimum Gasteiger partial charge on any atom is -0.396 e. The molecule has 5 heteroatoms. The normalized spacial score (nSPS) is 22.4. The van der Waals surface area contributed by atoms with Crippen LogP contribution in [0.4, 0.5) is 4.39 Å². The molecular weight excluding hydrogens is 293 g/mol. The molecule has 2 aromatic rings. The molecule has 1 aromatic carbocycles. The van der Waals surface area contributed by atoms with Crippen molar-refractivity contribution in [3.63, 3.8) is 0 Å². The number of nitrogens with zero attached hydrogens (tertiary/aromatic N) is 2. The number of aryl methyl sites for hydroxylation is 1. The molecule has 2 heterocycles. The lowest BCUT2D eigenvalue weighted by Gasteiger charge is -2.42. The van der Waals surface area contributed by atoms with Crippen LogP contribution in [0.25, 0.3) is 0 Å². The molecule has 1 atom stereocenters. The first-order valence-electron chi connectivity index (χ1n) is 8.17. The zero-order valence-electron chi connectivity index (χ0n) is 13.6. The van der Waals surface area contributed by atoms with Gasteiger partial charge in [0.25, 0.3) is 0 Å². The van der Waals surface area contributed by atoms with Gasteiger partial charge in [0.1, 0.15) is 5.82 Å². The van der Waals surface area contributed by atoms with E-state index in [9.17, 15) is 9.50 Å². The van der Waals surface area contributed by atoms with Crippen LogP contribution in [0, 0.1) is 18.2 Å². The van der Waals surface area contributed by atoms with Crippen molar-refractivity contribution < 1.29 is 9.50 Å². The number of piperidine rings is 1. The fourth-order valence-corrected chi connectivity index (χ4v) is 3.59. The van der Waals surface area contributed by atoms with Crippen LogP contribution in [-0.2, 0) is 13.0 Å². The van der Waals surface area contributed by atoms with E-state index >= 15 is 0 Å². The Morgan fingerprint density at radius 1 is 1.35 bits per heavy atom. The second kappa shape index (κ2) is 6.81. The van der Waals surface area contributed by atoms with Crippen LogP contribution < -0.4 is 0 Å². The van der Waals surface area contributed by atoms with Crippen molar-refractivity contribution in [2.45, 2.75) is 32.7 Å². The summed E-state index contributed by atoms with van der Waals surface area (Å²) in [6.45, 7) is 4.82. The third kappa shape index (κ3) is 3.98. The molecule has 0 radical (unpaired) electrons. The highest BCUT2D eigenvalue weighted by Crippen LogP contribution is 2.34. The Morgan fingerprint density at radius 2 is 2.13 bits per heavy atom. The molecular formula is C18H24FN3O. The van der Waals surface area contributed by atoms with Crippen molar-refractivity contribution in [2.75, 3.05) is 19.7 Å². The van der Waals surface area contributed by atoms with E-state index in [4.69, 9.17) is 0 Å². The van der Waals surface area contributed by atoms with Crippen LogP contribution in [-0.4, -0.2) is 39.9 Å². The van der Waals surface area contributed by atoms with Crippen LogP contribution in [0.5, 0.6) is 0 Å². The molecule has 1 aliphatic rings. The number of rotatable bonds is 5. The number of aliphatic hydroxyl groups excluding tert-OH is 1. The number of likely N-dealkylation sites (tertiary alicyclic amines) is 1. The van der Waals surface area contributed by atoms with Crippen molar-refractivity contribution in [1.29, 1.82) is 0 Å². The number of aliphatic hydroxyl groups is 1. The molecule has 0 saturated carbocycles. The Balaban J connectivity index is 1.69. The number of hydrogen-bond donors (Lipinski definition) is 2. The van der Waals surface area contributed by atoms with Crippen LogP contribution in [0.2, 0.25) is 0 Å². The van der Waals surface area contributed by atoms with Crippen molar-refractivity contribution in [3.8, 4) is 0 Å². The van der Waals surface area contributed by atoms with E-state index in [0.29, 0.717) is 0 Å². The number of aromatic amines is 1. The van der Waals surface area contributed by atoms with Crippen molar-refractivity contribution in [2.24, 2.45) is 5.41 Å². The van der Waals surface area contributed by atoms with Gasteiger partial charge in [0.05, 0.1) is 12.3 Å². The number of benzene rings is 1. The molecule has 1 fully saturated rings. The van der Waals surface area contributed by atoms with Gasteiger partial charge < -0.3 is 5.11 Å². The Kier molecular flexibility index (Phi) is 4.78. The van der Waals surface area contributed by atoms with Crippen molar-refractivity contribution in [1.82, 2.24) is 15.1 Å². The van der Waals surface area contributed by atoms with Gasteiger partial charge in [0, 0.05) is 24.2 Å². The third-order valence-electron chi connectivity index (χ3n) is 4.71. The van der Waals surface area contributed by atoms with Gasteiger partial charge in [-0.1, -0.05) is 12.1 Å². The van der Waals surface area contributed by atoms with Crippen LogP contribution in [0.15, 0.2) is 30.3 Å². The second-order valence-electron chi connectivity index (χ2n) is 6.82. The van der Waals surface area contributed by atoms with E-state index in [1.165, 1.54) is 12.1 Å². The molecule has 0 bridgehead atoms. The second-order valence-corrected chi connectivity index (χ2v) is 6.82. The van der Waals surface area contributed by atoms with Gasteiger partial charge in [0.2, 0.25) is 0 Å². The molecule has 1 aliphatic heterocycles. The Labute approximate surface area is 136 Å². The van der Waals surface area contributed by atoms with Gasteiger partial charge in [-0.05, 0) is 56.5 Å². The lowest BCUT2D eigenvalue weighted by Crippen LogP contribution is -2.46. The summed E-state index contributed by atoms with van der Waals surface area (Å²) in [7, 11) is 0. The first-order chi connectivity index (χ1) is 11.1. The fourth-order valence-electron chi connectivity index (χ4n) is 3.59. The largest absolute Gasteiger partial charge is 0.396 e. The van der Waals surface area contributed by atoms with Crippen LogP contribution in [0.1, 0.15) is 29.8 Å². The molecule has 124 valence electrons. The molecule has 0 spiro atoms. The molecule has 1 aromatic heterocycles. The number of nitrogens with one attached hydrogen (secondary N) is 1. The zero-order chi connectivity index (χ0) is 16.3. The lowest BCUT2D eigenvalue weighted by molar-refractivity contribution is 0.0283. The van der Waals surface area contributed by atoms with Crippen LogP contribution in [0.3, 0.4) is 0 Å². The maximum atomic E-state index is 13.1. The van der Waals surface area contributed by atoms with E-state index in [1.54, 1.807) is 0 Å². The van der Waals surface area contributed by atoms with Gasteiger partial charge in [-0.2, -0.15) is 5.10 Å². The number of halogens is 1. The maximum absolute atomic E-state index is 13.1. The molecule has 0 amide bonds. The van der Waals surface area contributed by atoms with E-state index in [1.807, 2.05) is 19.1 Å². The highest BCUT2D eigenvalue weighted by atomic mass is 19.1. The smallest absolute Gasteiger partial charge is 0.123 e. The SMILES string of the molecule is Cc1cc(CN2CCC[C@@](CO)(Cc3ccc(F)cc3)C2)n[nH]1. The summed E-state index contributed by atoms with van der Waals surface area (Å²) in [4.78, 5) is 2.36. The predicted molar refractivity (Wildman–Crippen MR) is 87.5 cm³/mol. The topological polar surface area (TPSA) is 52.1 Å². The van der Waals surface area contributed by atoms with E-state index in [-0.39, 0.29) is 17.8 Å². The fraction of sp³-hybridized carbons (Fsp3) is 0.500. The molecule has 0 aliphatic carbocycles. The third-order valence-corrected chi connectivity index (χ3v) is 4.71. The molecule has 1 saturated heterocycles. The first-order valence-corrected chi connectivity index (χ1v) is 8.17. The average molecular weight is 317 g/mol. The summed E-state index contributed by atoms with van der Waals surface area (Å²) < 4.78 is 13.1. The minimum absolute atomic E-state index is 0.151. The number of aromatic nitrogens is 2. The highest BCUT2D eigenvalue weighted by molar-refractivity contribution is 5.18. The molecule has 2 N–H and O–H groups in total. The van der Waals surface area contributed by atoms with Crippen LogP contribution >= 0.6 is 0 Å². The lowest BCUT2D eigenvalue weighted by atomic mass is 9.75. The number of H-pyrrole nitrogens is 1. The standard InChI is InChI=1S/C18H24FN3O/c1-14-9-17(21-20-14)11-22-8-2-7-18(12-22,13-23)10-15-3-5-16(19)6-4-15/h3-6,9,23H,2,7-8,10-13H2,1H3,(H,20,21)/t18-/m1/s1. The molecule has 3 rings (SSSR count). The molecule has 4 nitrogen and oxygen atoms in total. The van der Waals surface area contributed by atoms with Crippen molar-refractivity contribution in [3.05, 3.63) is 53.1 Å². The first kappa shape index (κ1) is 16.1. The number of hydrogen-bond acceptors (Lipinski definition) is 3. The summed E-state index contributed by atoms with van der Waals surface area (Å²) >= 11 is 0.